The van der Waals surface area contributed by atoms with E-state index >= 15 is 0 Å². The second kappa shape index (κ2) is 9.88. The quantitative estimate of drug-likeness (QED) is 0.234. The van der Waals surface area contributed by atoms with Crippen molar-refractivity contribution in [2.24, 2.45) is 0 Å². The number of carbonyl (C=O) groups excluding carboxylic acids is 1. The number of benzene rings is 3. The van der Waals surface area contributed by atoms with Crippen LogP contribution in [0.5, 0.6) is 5.75 Å². The van der Waals surface area contributed by atoms with E-state index < -0.39 is 0 Å². The molecule has 0 fully saturated rings. The summed E-state index contributed by atoms with van der Waals surface area (Å²) in [7, 11) is 1.63. The van der Waals surface area contributed by atoms with Gasteiger partial charge in [-0.25, -0.2) is 4.98 Å². The summed E-state index contributed by atoms with van der Waals surface area (Å²) in [5, 5.41) is 8.70. The highest BCUT2D eigenvalue weighted by Crippen LogP contribution is 2.29. The van der Waals surface area contributed by atoms with Crippen molar-refractivity contribution in [2.75, 3.05) is 12.4 Å². The van der Waals surface area contributed by atoms with Crippen molar-refractivity contribution in [3.8, 4) is 11.6 Å². The van der Waals surface area contributed by atoms with E-state index in [-0.39, 0.29) is 5.91 Å². The lowest BCUT2D eigenvalue weighted by Crippen LogP contribution is -2.17. The largest absolute Gasteiger partial charge is 0.494 e. The Morgan fingerprint density at radius 3 is 2.36 bits per heavy atom. The van der Waals surface area contributed by atoms with E-state index in [0.29, 0.717) is 23.0 Å². The van der Waals surface area contributed by atoms with Gasteiger partial charge in [0.2, 0.25) is 0 Å². The van der Waals surface area contributed by atoms with Crippen LogP contribution >= 0.6 is 0 Å². The van der Waals surface area contributed by atoms with E-state index in [1.165, 1.54) is 0 Å². The second-order valence-corrected chi connectivity index (χ2v) is 8.53. The van der Waals surface area contributed by atoms with E-state index in [0.717, 1.165) is 33.3 Å². The predicted octanol–water partition coefficient (Wildman–Crippen LogP) is 6.23. The Labute approximate surface area is 209 Å². The molecule has 0 aliphatic rings. The van der Waals surface area contributed by atoms with E-state index in [2.05, 4.69) is 10.4 Å². The highest BCUT2D eigenvalue weighted by molar-refractivity contribution is 6.29. The Balaban J connectivity index is 1.56. The summed E-state index contributed by atoms with van der Waals surface area (Å²) in [5.41, 5.74) is 4.86. The second-order valence-electron chi connectivity index (χ2n) is 8.53. The number of nitrogens with one attached hydrogen (secondary N) is 1. The van der Waals surface area contributed by atoms with Crippen molar-refractivity contribution in [2.45, 2.75) is 13.8 Å². The molecule has 36 heavy (non-hydrogen) atoms. The number of fused-ring (bicyclic) bond motifs is 1. The maximum atomic E-state index is 13.6. The van der Waals surface area contributed by atoms with Gasteiger partial charge in [0, 0.05) is 17.0 Å². The molecule has 2 aromatic heterocycles. The molecule has 0 atom stereocenters. The van der Waals surface area contributed by atoms with Crippen molar-refractivity contribution < 1.29 is 9.53 Å². The monoisotopic (exact) mass is 474 g/mol. The number of aryl methyl sites for hydroxylation is 2. The van der Waals surface area contributed by atoms with Gasteiger partial charge in [-0.05, 0) is 48.7 Å². The van der Waals surface area contributed by atoms with Gasteiger partial charge >= 0.3 is 0 Å². The van der Waals surface area contributed by atoms with Gasteiger partial charge in [-0.1, -0.05) is 72.8 Å². The van der Waals surface area contributed by atoms with Crippen LogP contribution in [0.2, 0.25) is 0 Å². The lowest BCUT2D eigenvalue weighted by atomic mass is 10.0. The summed E-state index contributed by atoms with van der Waals surface area (Å²) in [6.45, 7) is 3.91. The molecule has 0 aliphatic carbocycles. The molecule has 3 aromatic carbocycles. The molecule has 0 saturated heterocycles. The summed E-state index contributed by atoms with van der Waals surface area (Å²) in [4.78, 5) is 18.5. The van der Waals surface area contributed by atoms with Crippen LogP contribution in [0.25, 0.3) is 28.4 Å². The summed E-state index contributed by atoms with van der Waals surface area (Å²) in [6, 6.07) is 29.1. The minimum absolute atomic E-state index is 0.235. The van der Waals surface area contributed by atoms with Crippen LogP contribution in [-0.2, 0) is 4.79 Å². The number of hydrogen-bond acceptors (Lipinski definition) is 4. The van der Waals surface area contributed by atoms with Crippen molar-refractivity contribution in [1.29, 1.82) is 0 Å². The lowest BCUT2D eigenvalue weighted by molar-refractivity contribution is -0.111. The van der Waals surface area contributed by atoms with Gasteiger partial charge in [0.1, 0.15) is 17.1 Å². The first-order valence-corrected chi connectivity index (χ1v) is 11.7. The van der Waals surface area contributed by atoms with Gasteiger partial charge in [0.05, 0.1) is 12.8 Å². The number of pyridine rings is 1. The van der Waals surface area contributed by atoms with Crippen LogP contribution in [-0.4, -0.2) is 27.8 Å². The number of amides is 1. The summed E-state index contributed by atoms with van der Waals surface area (Å²) >= 11 is 0. The van der Waals surface area contributed by atoms with Crippen LogP contribution in [0.1, 0.15) is 22.4 Å². The Hall–Kier alpha value is -4.71. The van der Waals surface area contributed by atoms with Crippen molar-refractivity contribution in [3.63, 3.8) is 0 Å². The summed E-state index contributed by atoms with van der Waals surface area (Å²) in [5.74, 6) is 1.58. The normalized spacial score (nSPS) is 11.5. The zero-order valence-corrected chi connectivity index (χ0v) is 20.4. The molecule has 6 nitrogen and oxygen atoms in total. The Morgan fingerprint density at radius 1 is 0.917 bits per heavy atom. The maximum Gasteiger partial charge on any atom is 0.257 e. The van der Waals surface area contributed by atoms with Crippen LogP contribution in [0.4, 0.5) is 5.82 Å². The predicted molar refractivity (Wildman–Crippen MR) is 144 cm³/mol. The average Bonchev–Trinajstić information content (AvgIpc) is 3.27. The number of para-hydroxylation sites is 1. The summed E-state index contributed by atoms with van der Waals surface area (Å²) < 4.78 is 7.20. The molecular weight excluding hydrogens is 448 g/mol. The van der Waals surface area contributed by atoms with Crippen molar-refractivity contribution in [3.05, 3.63) is 113 Å². The lowest BCUT2D eigenvalue weighted by Gasteiger charge is -2.13. The molecule has 0 bridgehead atoms. The van der Waals surface area contributed by atoms with E-state index in [1.54, 1.807) is 11.8 Å². The number of nitrogens with zero attached hydrogens (tertiary/aromatic N) is 3. The minimum Gasteiger partial charge on any atom is -0.494 e. The standard InChI is InChI=1S/C30H26N4O2/c1-20-17-27(31-29-24(20)15-10-16-26(29)36-3)34-28(18-21(2)33-34)32-30(35)25(23-13-8-5-9-14-23)19-22-11-6-4-7-12-22/h4-19H,1-3H3,(H,32,35)/b25-19-. The fourth-order valence-electron chi connectivity index (χ4n) is 4.21. The van der Waals surface area contributed by atoms with Gasteiger partial charge in [0.25, 0.3) is 5.91 Å². The molecule has 5 rings (SSSR count). The number of rotatable bonds is 6. The smallest absolute Gasteiger partial charge is 0.257 e. The third-order valence-corrected chi connectivity index (χ3v) is 5.95. The maximum absolute atomic E-state index is 13.6. The third kappa shape index (κ3) is 4.61. The van der Waals surface area contributed by atoms with Crippen molar-refractivity contribution >= 4 is 34.3 Å². The van der Waals surface area contributed by atoms with Gasteiger partial charge in [0.15, 0.2) is 5.82 Å². The van der Waals surface area contributed by atoms with Crippen LogP contribution in [0, 0.1) is 13.8 Å². The number of anilines is 1. The molecule has 0 unspecified atom stereocenters. The van der Waals surface area contributed by atoms with E-state index in [4.69, 9.17) is 9.72 Å². The number of carbonyl (C=O) groups is 1. The summed E-state index contributed by atoms with van der Waals surface area (Å²) in [6.07, 6.45) is 1.89. The highest BCUT2D eigenvalue weighted by Gasteiger charge is 2.18. The van der Waals surface area contributed by atoms with E-state index in [9.17, 15) is 4.79 Å². The third-order valence-electron chi connectivity index (χ3n) is 5.95. The molecule has 0 aliphatic heterocycles. The van der Waals surface area contributed by atoms with E-state index in [1.807, 2.05) is 111 Å². The highest BCUT2D eigenvalue weighted by atomic mass is 16.5. The van der Waals surface area contributed by atoms with Gasteiger partial charge in [-0.15, -0.1) is 0 Å². The molecule has 0 saturated carbocycles. The molecule has 1 amide bonds. The average molecular weight is 475 g/mol. The Bertz CT molecular complexity index is 1570. The zero-order chi connectivity index (χ0) is 25.1. The Morgan fingerprint density at radius 2 is 1.64 bits per heavy atom. The van der Waals surface area contributed by atoms with Crippen LogP contribution in [0.15, 0.2) is 91.0 Å². The molecular formula is C30H26N4O2. The molecule has 2 heterocycles. The first-order chi connectivity index (χ1) is 17.5. The number of methoxy groups -OCH3 is 1. The fraction of sp³-hybridized carbons (Fsp3) is 0.100. The Kier molecular flexibility index (Phi) is 6.33. The molecule has 0 spiro atoms. The number of hydrogen-bond donors (Lipinski definition) is 1. The fourth-order valence-corrected chi connectivity index (χ4v) is 4.21. The zero-order valence-electron chi connectivity index (χ0n) is 20.4. The minimum atomic E-state index is -0.235. The molecule has 1 N–H and O–H groups in total. The van der Waals surface area contributed by atoms with Crippen LogP contribution < -0.4 is 10.1 Å². The van der Waals surface area contributed by atoms with Gasteiger partial charge < -0.3 is 10.1 Å². The van der Waals surface area contributed by atoms with Gasteiger partial charge in [-0.3, -0.25) is 4.79 Å². The molecule has 178 valence electrons. The first kappa shape index (κ1) is 23.1. The first-order valence-electron chi connectivity index (χ1n) is 11.7. The van der Waals surface area contributed by atoms with Gasteiger partial charge in [-0.2, -0.15) is 9.78 Å². The molecule has 6 heteroatoms. The number of aromatic nitrogens is 3. The van der Waals surface area contributed by atoms with Crippen LogP contribution in [0.3, 0.4) is 0 Å². The molecule has 5 aromatic rings. The molecule has 0 radical (unpaired) electrons. The topological polar surface area (TPSA) is 69.0 Å². The van der Waals surface area contributed by atoms with Crippen molar-refractivity contribution in [1.82, 2.24) is 14.8 Å². The number of ether oxygens (including phenoxy) is 1. The SMILES string of the molecule is COc1cccc2c(C)cc(-n3nc(C)cc3NC(=O)/C(=C\c3ccccc3)c3ccccc3)nc12.